The first kappa shape index (κ1) is 20.6. The Morgan fingerprint density at radius 2 is 1.66 bits per heavy atom. The number of rotatable bonds is 10. The number of nitrogens with one attached hydrogen (secondary N) is 1. The molecule has 1 N–H and O–H groups in total. The van der Waals surface area contributed by atoms with Gasteiger partial charge in [-0.2, -0.15) is 0 Å². The number of methoxy groups -OCH3 is 1. The summed E-state index contributed by atoms with van der Waals surface area (Å²) in [5, 5.41) is 4.01. The quantitative estimate of drug-likeness (QED) is 0.407. The summed E-state index contributed by atoms with van der Waals surface area (Å²) in [6, 6.07) is 18.3. The molecule has 1 amide bonds. The van der Waals surface area contributed by atoms with E-state index in [1.54, 1.807) is 0 Å². The van der Waals surface area contributed by atoms with Gasteiger partial charge in [0.2, 0.25) is 0 Å². The monoisotopic (exact) mass is 392 g/mol. The maximum atomic E-state index is 12.8. The standard InChI is InChI=1S/C24H28N2O3/c1-29-23(27)15-7-2-3-10-16-25-24(28)21-18-26(17-19-11-5-4-6-12-19)22-14-9-8-13-20(21)22/h4-6,8-9,11-14,18H,2-3,7,10,15-17H2,1H3,(H,25,28). The minimum absolute atomic E-state index is 0.0393. The van der Waals surface area contributed by atoms with Gasteiger partial charge in [0.05, 0.1) is 12.7 Å². The Morgan fingerprint density at radius 1 is 0.931 bits per heavy atom. The number of para-hydroxylation sites is 1. The van der Waals surface area contributed by atoms with Crippen LogP contribution in [0.3, 0.4) is 0 Å². The number of hydrogen-bond donors (Lipinski definition) is 1. The van der Waals surface area contributed by atoms with Crippen LogP contribution in [0.4, 0.5) is 0 Å². The summed E-state index contributed by atoms with van der Waals surface area (Å²) in [6.45, 7) is 1.37. The fraction of sp³-hybridized carbons (Fsp3) is 0.333. The Labute approximate surface area is 171 Å². The second-order valence-electron chi connectivity index (χ2n) is 7.17. The maximum absolute atomic E-state index is 12.8. The molecule has 3 rings (SSSR count). The topological polar surface area (TPSA) is 60.3 Å². The van der Waals surface area contributed by atoms with E-state index >= 15 is 0 Å². The summed E-state index contributed by atoms with van der Waals surface area (Å²) in [5.41, 5.74) is 2.97. The van der Waals surface area contributed by atoms with E-state index in [-0.39, 0.29) is 11.9 Å². The van der Waals surface area contributed by atoms with Gasteiger partial charge in [0.15, 0.2) is 0 Å². The minimum atomic E-state index is -0.162. The fourth-order valence-corrected chi connectivity index (χ4v) is 3.49. The van der Waals surface area contributed by atoms with E-state index in [0.717, 1.165) is 43.1 Å². The first-order chi connectivity index (χ1) is 14.2. The van der Waals surface area contributed by atoms with Crippen LogP contribution in [0.25, 0.3) is 10.9 Å². The molecule has 0 atom stereocenters. The van der Waals surface area contributed by atoms with Crippen molar-refractivity contribution in [3.63, 3.8) is 0 Å². The molecule has 1 aromatic heterocycles. The summed E-state index contributed by atoms with van der Waals surface area (Å²) < 4.78 is 6.77. The van der Waals surface area contributed by atoms with Crippen LogP contribution in [0.2, 0.25) is 0 Å². The van der Waals surface area contributed by atoms with Crippen LogP contribution in [0, 0.1) is 0 Å². The van der Waals surface area contributed by atoms with Gasteiger partial charge in [-0.05, 0) is 24.5 Å². The lowest BCUT2D eigenvalue weighted by Crippen LogP contribution is -2.24. The first-order valence-corrected chi connectivity index (χ1v) is 10.2. The third-order valence-corrected chi connectivity index (χ3v) is 5.05. The molecule has 152 valence electrons. The van der Waals surface area contributed by atoms with Crippen LogP contribution in [0.5, 0.6) is 0 Å². The molecule has 29 heavy (non-hydrogen) atoms. The van der Waals surface area contributed by atoms with E-state index < -0.39 is 0 Å². The molecular formula is C24H28N2O3. The summed E-state index contributed by atoms with van der Waals surface area (Å²) in [7, 11) is 1.41. The zero-order valence-corrected chi connectivity index (χ0v) is 16.9. The first-order valence-electron chi connectivity index (χ1n) is 10.2. The molecule has 0 radical (unpaired) electrons. The zero-order chi connectivity index (χ0) is 20.5. The molecule has 5 heteroatoms. The van der Waals surface area contributed by atoms with Gasteiger partial charge in [-0.15, -0.1) is 0 Å². The summed E-state index contributed by atoms with van der Waals surface area (Å²) in [6.07, 6.45) is 6.07. The second-order valence-corrected chi connectivity index (χ2v) is 7.17. The van der Waals surface area contributed by atoms with E-state index in [1.165, 1.54) is 12.7 Å². The third kappa shape index (κ3) is 5.70. The van der Waals surface area contributed by atoms with Crippen molar-refractivity contribution in [1.29, 1.82) is 0 Å². The molecule has 0 saturated carbocycles. The van der Waals surface area contributed by atoms with Crippen LogP contribution in [-0.2, 0) is 16.1 Å². The Balaban J connectivity index is 1.56. The predicted molar refractivity (Wildman–Crippen MR) is 115 cm³/mol. The Kier molecular flexibility index (Phi) is 7.45. The van der Waals surface area contributed by atoms with E-state index in [2.05, 4.69) is 32.8 Å². The zero-order valence-electron chi connectivity index (χ0n) is 16.9. The number of fused-ring (bicyclic) bond motifs is 1. The Morgan fingerprint density at radius 3 is 2.45 bits per heavy atom. The molecule has 0 aliphatic rings. The van der Waals surface area contributed by atoms with Gasteiger partial charge < -0.3 is 14.6 Å². The number of ether oxygens (including phenoxy) is 1. The molecule has 2 aromatic carbocycles. The number of hydrogen-bond acceptors (Lipinski definition) is 3. The number of carbonyl (C=O) groups is 2. The molecule has 0 bridgehead atoms. The highest BCUT2D eigenvalue weighted by Gasteiger charge is 2.14. The fourth-order valence-electron chi connectivity index (χ4n) is 3.49. The smallest absolute Gasteiger partial charge is 0.305 e. The van der Waals surface area contributed by atoms with E-state index in [9.17, 15) is 9.59 Å². The molecule has 0 spiro atoms. The lowest BCUT2D eigenvalue weighted by Gasteiger charge is -2.05. The van der Waals surface area contributed by atoms with Crippen LogP contribution in [0.1, 0.15) is 48.0 Å². The number of amides is 1. The van der Waals surface area contributed by atoms with Gasteiger partial charge in [0.25, 0.3) is 5.91 Å². The molecule has 0 aliphatic heterocycles. The number of benzene rings is 2. The van der Waals surface area contributed by atoms with Crippen molar-refractivity contribution in [2.24, 2.45) is 0 Å². The third-order valence-electron chi connectivity index (χ3n) is 5.05. The van der Waals surface area contributed by atoms with E-state index in [4.69, 9.17) is 0 Å². The van der Waals surface area contributed by atoms with Crippen LogP contribution >= 0.6 is 0 Å². The van der Waals surface area contributed by atoms with Gasteiger partial charge in [0.1, 0.15) is 0 Å². The minimum Gasteiger partial charge on any atom is -0.469 e. The number of carbonyl (C=O) groups excluding carboxylic acids is 2. The molecule has 5 nitrogen and oxygen atoms in total. The maximum Gasteiger partial charge on any atom is 0.305 e. The molecule has 3 aromatic rings. The van der Waals surface area contributed by atoms with Crippen molar-refractivity contribution < 1.29 is 14.3 Å². The molecule has 0 unspecified atom stereocenters. The normalized spacial score (nSPS) is 10.8. The van der Waals surface area contributed by atoms with Crippen molar-refractivity contribution >= 4 is 22.8 Å². The Bertz CT molecular complexity index is 947. The largest absolute Gasteiger partial charge is 0.469 e. The number of aromatic nitrogens is 1. The number of esters is 1. The molecule has 1 heterocycles. The van der Waals surface area contributed by atoms with Crippen molar-refractivity contribution in [3.05, 3.63) is 71.9 Å². The summed E-state index contributed by atoms with van der Waals surface area (Å²) in [5.74, 6) is -0.201. The van der Waals surface area contributed by atoms with Crippen LogP contribution < -0.4 is 5.32 Å². The van der Waals surface area contributed by atoms with Crippen molar-refractivity contribution in [3.8, 4) is 0 Å². The number of unbranched alkanes of at least 4 members (excludes halogenated alkanes) is 3. The van der Waals surface area contributed by atoms with Gasteiger partial charge in [-0.3, -0.25) is 9.59 Å². The van der Waals surface area contributed by atoms with Crippen molar-refractivity contribution in [2.75, 3.05) is 13.7 Å². The average Bonchev–Trinajstić information content (AvgIpc) is 3.12. The van der Waals surface area contributed by atoms with E-state index in [0.29, 0.717) is 18.5 Å². The number of nitrogens with zero attached hydrogens (tertiary/aromatic N) is 1. The van der Waals surface area contributed by atoms with Crippen LogP contribution in [-0.4, -0.2) is 30.1 Å². The Hall–Kier alpha value is -3.08. The summed E-state index contributed by atoms with van der Waals surface area (Å²) in [4.78, 5) is 23.8. The van der Waals surface area contributed by atoms with Crippen molar-refractivity contribution in [2.45, 2.75) is 38.6 Å². The molecule has 0 saturated heterocycles. The highest BCUT2D eigenvalue weighted by Crippen LogP contribution is 2.22. The van der Waals surface area contributed by atoms with Gasteiger partial charge in [0, 0.05) is 36.6 Å². The highest BCUT2D eigenvalue weighted by molar-refractivity contribution is 6.07. The van der Waals surface area contributed by atoms with E-state index in [1.807, 2.05) is 42.6 Å². The van der Waals surface area contributed by atoms with Gasteiger partial charge >= 0.3 is 5.97 Å². The average molecular weight is 392 g/mol. The summed E-state index contributed by atoms with van der Waals surface area (Å²) >= 11 is 0. The van der Waals surface area contributed by atoms with Crippen molar-refractivity contribution in [1.82, 2.24) is 9.88 Å². The van der Waals surface area contributed by atoms with Crippen LogP contribution in [0.15, 0.2) is 60.8 Å². The lowest BCUT2D eigenvalue weighted by atomic mass is 10.1. The highest BCUT2D eigenvalue weighted by atomic mass is 16.5. The SMILES string of the molecule is COC(=O)CCCCCCNC(=O)c1cn(Cc2ccccc2)c2ccccc12. The predicted octanol–water partition coefficient (Wildman–Crippen LogP) is 4.54. The van der Waals surface area contributed by atoms with Gasteiger partial charge in [-0.25, -0.2) is 0 Å². The lowest BCUT2D eigenvalue weighted by molar-refractivity contribution is -0.140. The second kappa shape index (κ2) is 10.5. The molecular weight excluding hydrogens is 364 g/mol. The molecule has 0 fully saturated rings. The molecule has 0 aliphatic carbocycles. The van der Waals surface area contributed by atoms with Gasteiger partial charge in [-0.1, -0.05) is 61.4 Å².